The van der Waals surface area contributed by atoms with Crippen molar-refractivity contribution in [3.8, 4) is 0 Å². The van der Waals surface area contributed by atoms with Gasteiger partial charge in [-0.05, 0) is 43.5 Å². The molecule has 0 bridgehead atoms. The number of nitrogens with two attached hydrogens (primary N) is 1. The van der Waals surface area contributed by atoms with E-state index in [1.165, 1.54) is 24.3 Å². The number of unbranched alkanes of at least 4 members (excludes halogenated alkanes) is 1. The molecule has 1 aliphatic rings. The number of piperidine rings is 1. The van der Waals surface area contributed by atoms with Gasteiger partial charge in [0.15, 0.2) is 0 Å². The molecule has 0 aliphatic carbocycles. The number of hydrogen-bond donors (Lipinski definition) is 2. The fourth-order valence-corrected chi connectivity index (χ4v) is 3.17. The summed E-state index contributed by atoms with van der Waals surface area (Å²) in [6, 6.07) is 5.52. The molecule has 1 aromatic rings. The highest BCUT2D eigenvalue weighted by Gasteiger charge is 2.29. The first-order valence-corrected chi connectivity index (χ1v) is 9.10. The lowest BCUT2D eigenvalue weighted by Crippen LogP contribution is -2.49. The minimum Gasteiger partial charge on any atom is -0.352 e. The predicted octanol–water partition coefficient (Wildman–Crippen LogP) is 2.31. The number of halogens is 1. The van der Waals surface area contributed by atoms with Gasteiger partial charge < -0.3 is 16.0 Å². The molecule has 0 spiro atoms. The van der Waals surface area contributed by atoms with Crippen LogP contribution in [-0.4, -0.2) is 42.4 Å². The van der Waals surface area contributed by atoms with Crippen molar-refractivity contribution in [3.63, 3.8) is 0 Å². The summed E-state index contributed by atoms with van der Waals surface area (Å²) in [5, 5.41) is 3.03. The van der Waals surface area contributed by atoms with Gasteiger partial charge in [0.2, 0.25) is 5.91 Å². The number of nitrogens with zero attached hydrogens (tertiary/aromatic N) is 1. The monoisotopic (exact) mass is 349 g/mol. The van der Waals surface area contributed by atoms with Gasteiger partial charge in [-0.2, -0.15) is 0 Å². The standard InChI is InChI=1S/C19H28FN3O2/c1-2-3-6-17(12-21)22-18(24)15-5-4-11-23(13-15)19(25)14-7-9-16(20)10-8-14/h7-10,15,17H,2-6,11-13,21H2,1H3,(H,22,24). The highest BCUT2D eigenvalue weighted by molar-refractivity contribution is 5.94. The maximum absolute atomic E-state index is 13.0. The molecule has 1 saturated heterocycles. The largest absolute Gasteiger partial charge is 0.352 e. The number of carbonyl (C=O) groups is 2. The molecule has 5 nitrogen and oxygen atoms in total. The number of carbonyl (C=O) groups excluding carboxylic acids is 2. The fraction of sp³-hybridized carbons (Fsp3) is 0.579. The molecular formula is C19H28FN3O2. The Morgan fingerprint density at radius 1 is 1.36 bits per heavy atom. The lowest BCUT2D eigenvalue weighted by Gasteiger charge is -2.33. The van der Waals surface area contributed by atoms with Crippen LogP contribution in [0, 0.1) is 11.7 Å². The van der Waals surface area contributed by atoms with Crippen molar-refractivity contribution in [1.82, 2.24) is 10.2 Å². The molecule has 0 saturated carbocycles. The van der Waals surface area contributed by atoms with Crippen LogP contribution in [0.25, 0.3) is 0 Å². The van der Waals surface area contributed by atoms with Crippen LogP contribution in [0.15, 0.2) is 24.3 Å². The zero-order valence-corrected chi connectivity index (χ0v) is 14.8. The minimum atomic E-state index is -0.368. The molecule has 2 amide bonds. The molecule has 1 heterocycles. The number of amides is 2. The smallest absolute Gasteiger partial charge is 0.253 e. The summed E-state index contributed by atoms with van der Waals surface area (Å²) in [5.41, 5.74) is 6.19. The first kappa shape index (κ1) is 19.4. The van der Waals surface area contributed by atoms with Crippen LogP contribution in [0.3, 0.4) is 0 Å². The van der Waals surface area contributed by atoms with Crippen LogP contribution < -0.4 is 11.1 Å². The summed E-state index contributed by atoms with van der Waals surface area (Å²) >= 11 is 0. The Morgan fingerprint density at radius 3 is 2.72 bits per heavy atom. The van der Waals surface area contributed by atoms with Crippen LogP contribution in [0.5, 0.6) is 0 Å². The van der Waals surface area contributed by atoms with Crippen molar-refractivity contribution in [1.29, 1.82) is 0 Å². The average Bonchev–Trinajstić information content (AvgIpc) is 2.65. The predicted molar refractivity (Wildman–Crippen MR) is 95.5 cm³/mol. The van der Waals surface area contributed by atoms with Gasteiger partial charge in [-0.15, -0.1) is 0 Å². The average molecular weight is 349 g/mol. The Kier molecular flexibility index (Phi) is 7.37. The van der Waals surface area contributed by atoms with Gasteiger partial charge in [0, 0.05) is 31.2 Å². The van der Waals surface area contributed by atoms with E-state index < -0.39 is 0 Å². The van der Waals surface area contributed by atoms with Gasteiger partial charge in [-0.3, -0.25) is 9.59 Å². The van der Waals surface area contributed by atoms with E-state index in [2.05, 4.69) is 12.2 Å². The maximum Gasteiger partial charge on any atom is 0.253 e. The summed E-state index contributed by atoms with van der Waals surface area (Å²) in [4.78, 5) is 26.8. The van der Waals surface area contributed by atoms with Crippen LogP contribution in [0.4, 0.5) is 4.39 Å². The van der Waals surface area contributed by atoms with Gasteiger partial charge in [0.05, 0.1) is 5.92 Å². The van der Waals surface area contributed by atoms with E-state index >= 15 is 0 Å². The first-order valence-electron chi connectivity index (χ1n) is 9.10. The molecule has 0 aromatic heterocycles. The summed E-state index contributed by atoms with van der Waals surface area (Å²) < 4.78 is 13.0. The summed E-state index contributed by atoms with van der Waals surface area (Å²) in [6.07, 6.45) is 4.53. The lowest BCUT2D eigenvalue weighted by atomic mass is 9.95. The van der Waals surface area contributed by atoms with Crippen LogP contribution in [0.2, 0.25) is 0 Å². The van der Waals surface area contributed by atoms with Crippen LogP contribution >= 0.6 is 0 Å². The van der Waals surface area contributed by atoms with E-state index in [1.54, 1.807) is 4.90 Å². The summed E-state index contributed by atoms with van der Waals surface area (Å²) in [6.45, 7) is 3.55. The quantitative estimate of drug-likeness (QED) is 0.793. The van der Waals surface area contributed by atoms with Crippen molar-refractivity contribution < 1.29 is 14.0 Å². The van der Waals surface area contributed by atoms with Crippen molar-refractivity contribution in [3.05, 3.63) is 35.6 Å². The van der Waals surface area contributed by atoms with E-state index in [4.69, 9.17) is 5.73 Å². The van der Waals surface area contributed by atoms with Crippen molar-refractivity contribution >= 4 is 11.8 Å². The molecule has 25 heavy (non-hydrogen) atoms. The molecule has 0 radical (unpaired) electrons. The van der Waals surface area contributed by atoms with Gasteiger partial charge in [0.1, 0.15) is 5.82 Å². The summed E-state index contributed by atoms with van der Waals surface area (Å²) in [5.74, 6) is -0.761. The maximum atomic E-state index is 13.0. The van der Waals surface area contributed by atoms with Gasteiger partial charge in [-0.1, -0.05) is 19.8 Å². The number of benzene rings is 1. The molecule has 1 aliphatic heterocycles. The Bertz CT molecular complexity index is 577. The Balaban J connectivity index is 1.94. The second kappa shape index (κ2) is 9.51. The van der Waals surface area contributed by atoms with E-state index in [1.807, 2.05) is 0 Å². The second-order valence-corrected chi connectivity index (χ2v) is 6.68. The molecule has 2 rings (SSSR count). The summed E-state index contributed by atoms with van der Waals surface area (Å²) in [7, 11) is 0. The molecular weight excluding hydrogens is 321 g/mol. The third-order valence-corrected chi connectivity index (χ3v) is 4.71. The number of likely N-dealkylation sites (tertiary alicyclic amines) is 1. The zero-order valence-electron chi connectivity index (χ0n) is 14.8. The van der Waals surface area contributed by atoms with Crippen LogP contribution in [0.1, 0.15) is 49.4 Å². The Labute approximate surface area is 148 Å². The topological polar surface area (TPSA) is 75.4 Å². The minimum absolute atomic E-state index is 0.00405. The molecule has 3 N–H and O–H groups in total. The SMILES string of the molecule is CCCCC(CN)NC(=O)C1CCCN(C(=O)c2ccc(F)cc2)C1. The molecule has 138 valence electrons. The lowest BCUT2D eigenvalue weighted by molar-refractivity contribution is -0.127. The Morgan fingerprint density at radius 2 is 2.08 bits per heavy atom. The fourth-order valence-electron chi connectivity index (χ4n) is 3.17. The van der Waals surface area contributed by atoms with Crippen molar-refractivity contribution in [2.24, 2.45) is 11.7 Å². The molecule has 6 heteroatoms. The number of nitrogens with one attached hydrogen (secondary N) is 1. The molecule has 2 unspecified atom stereocenters. The van der Waals surface area contributed by atoms with Crippen LogP contribution in [-0.2, 0) is 4.79 Å². The highest BCUT2D eigenvalue weighted by Crippen LogP contribution is 2.19. The van der Waals surface area contributed by atoms with E-state index in [0.717, 1.165) is 32.1 Å². The third kappa shape index (κ3) is 5.53. The molecule has 2 atom stereocenters. The molecule has 1 aromatic carbocycles. The normalized spacial score (nSPS) is 18.7. The zero-order chi connectivity index (χ0) is 18.2. The van der Waals surface area contributed by atoms with E-state index in [0.29, 0.717) is 25.2 Å². The third-order valence-electron chi connectivity index (χ3n) is 4.71. The van der Waals surface area contributed by atoms with Gasteiger partial charge >= 0.3 is 0 Å². The van der Waals surface area contributed by atoms with Crippen molar-refractivity contribution in [2.75, 3.05) is 19.6 Å². The Hall–Kier alpha value is -1.95. The van der Waals surface area contributed by atoms with Gasteiger partial charge in [0.25, 0.3) is 5.91 Å². The highest BCUT2D eigenvalue weighted by atomic mass is 19.1. The number of rotatable bonds is 7. The molecule has 1 fully saturated rings. The van der Waals surface area contributed by atoms with Gasteiger partial charge in [-0.25, -0.2) is 4.39 Å². The first-order chi connectivity index (χ1) is 12.0. The second-order valence-electron chi connectivity index (χ2n) is 6.68. The van der Waals surface area contributed by atoms with E-state index in [9.17, 15) is 14.0 Å². The van der Waals surface area contributed by atoms with E-state index in [-0.39, 0.29) is 29.6 Å². The van der Waals surface area contributed by atoms with Crippen molar-refractivity contribution in [2.45, 2.75) is 45.1 Å². The number of hydrogen-bond acceptors (Lipinski definition) is 3.